The lowest BCUT2D eigenvalue weighted by molar-refractivity contribution is 0.639. The van der Waals surface area contributed by atoms with E-state index in [2.05, 4.69) is 41.9 Å². The highest BCUT2D eigenvalue weighted by Gasteiger charge is 2.19. The minimum Gasteiger partial charge on any atom is -0.236 e. The molecular formula is C17H17N3. The summed E-state index contributed by atoms with van der Waals surface area (Å²) >= 11 is 0. The molecule has 0 unspecified atom stereocenters. The third kappa shape index (κ3) is 1.66. The van der Waals surface area contributed by atoms with Crippen LogP contribution >= 0.6 is 0 Å². The molecule has 0 atom stereocenters. The van der Waals surface area contributed by atoms with Gasteiger partial charge in [0.2, 0.25) is 0 Å². The van der Waals surface area contributed by atoms with E-state index in [4.69, 9.17) is 10.1 Å². The molecule has 1 aliphatic rings. The van der Waals surface area contributed by atoms with Gasteiger partial charge in [-0.3, -0.25) is 0 Å². The van der Waals surface area contributed by atoms with E-state index < -0.39 is 0 Å². The van der Waals surface area contributed by atoms with Crippen LogP contribution in [0.15, 0.2) is 36.5 Å². The largest absolute Gasteiger partial charge is 0.236 e. The quantitative estimate of drug-likeness (QED) is 0.671. The van der Waals surface area contributed by atoms with E-state index >= 15 is 0 Å². The Hall–Kier alpha value is -2.16. The van der Waals surface area contributed by atoms with E-state index in [-0.39, 0.29) is 0 Å². The molecule has 0 N–H and O–H groups in total. The minimum atomic E-state index is 0.995. The first-order valence-corrected chi connectivity index (χ1v) is 7.26. The fraction of sp³-hybridized carbons (Fsp3) is 0.294. The summed E-state index contributed by atoms with van der Waals surface area (Å²) in [5.41, 5.74) is 7.14. The maximum atomic E-state index is 4.76. The van der Waals surface area contributed by atoms with Gasteiger partial charge in [-0.05, 0) is 43.7 Å². The van der Waals surface area contributed by atoms with Crippen LogP contribution < -0.4 is 0 Å². The van der Waals surface area contributed by atoms with E-state index in [0.717, 1.165) is 24.2 Å². The van der Waals surface area contributed by atoms with E-state index in [1.54, 1.807) is 0 Å². The van der Waals surface area contributed by atoms with Gasteiger partial charge in [-0.2, -0.15) is 5.10 Å². The first-order chi connectivity index (χ1) is 9.84. The average molecular weight is 263 g/mol. The number of nitrogens with zero attached hydrogens (tertiary/aromatic N) is 3. The van der Waals surface area contributed by atoms with Crippen molar-refractivity contribution >= 4 is 5.65 Å². The lowest BCUT2D eigenvalue weighted by Gasteiger charge is -2.15. The smallest absolute Gasteiger partial charge is 0.163 e. The second kappa shape index (κ2) is 4.44. The van der Waals surface area contributed by atoms with Crippen LogP contribution in [0.5, 0.6) is 0 Å². The van der Waals surface area contributed by atoms with Gasteiger partial charge in [0.25, 0.3) is 0 Å². The Balaban J connectivity index is 2.01. The van der Waals surface area contributed by atoms with Crippen molar-refractivity contribution < 1.29 is 0 Å². The highest BCUT2D eigenvalue weighted by atomic mass is 15.3. The van der Waals surface area contributed by atoms with Crippen LogP contribution in [-0.2, 0) is 12.8 Å². The fourth-order valence-electron chi connectivity index (χ4n) is 3.20. The van der Waals surface area contributed by atoms with Crippen molar-refractivity contribution in [2.45, 2.75) is 32.6 Å². The molecule has 0 radical (unpaired) electrons. The molecule has 0 aliphatic heterocycles. The number of hydrogen-bond donors (Lipinski definition) is 0. The molecule has 2 aromatic heterocycles. The Morgan fingerprint density at radius 1 is 1.05 bits per heavy atom. The molecule has 0 bridgehead atoms. The van der Waals surface area contributed by atoms with E-state index in [1.807, 2.05) is 6.07 Å². The third-order valence-corrected chi connectivity index (χ3v) is 4.18. The van der Waals surface area contributed by atoms with Gasteiger partial charge in [0.15, 0.2) is 5.65 Å². The Labute approximate surface area is 118 Å². The number of benzene rings is 1. The van der Waals surface area contributed by atoms with Crippen molar-refractivity contribution in [1.29, 1.82) is 0 Å². The number of aromatic nitrogens is 3. The summed E-state index contributed by atoms with van der Waals surface area (Å²) in [4.78, 5) is 4.69. The molecule has 0 amide bonds. The first-order valence-electron chi connectivity index (χ1n) is 7.26. The van der Waals surface area contributed by atoms with Crippen LogP contribution in [0.3, 0.4) is 0 Å². The molecule has 3 aromatic rings. The van der Waals surface area contributed by atoms with Crippen LogP contribution in [0.4, 0.5) is 0 Å². The molecule has 1 aliphatic carbocycles. The SMILES string of the molecule is Cc1nn2c3c(cnc2c1-c1ccccc1)CCCC3. The van der Waals surface area contributed by atoms with E-state index in [1.165, 1.54) is 35.2 Å². The molecule has 3 nitrogen and oxygen atoms in total. The van der Waals surface area contributed by atoms with Gasteiger partial charge >= 0.3 is 0 Å². The average Bonchev–Trinajstić information content (AvgIpc) is 2.84. The summed E-state index contributed by atoms with van der Waals surface area (Å²) in [6.45, 7) is 2.08. The van der Waals surface area contributed by atoms with Gasteiger partial charge in [0.05, 0.1) is 5.69 Å². The minimum absolute atomic E-state index is 0.995. The topological polar surface area (TPSA) is 30.2 Å². The summed E-state index contributed by atoms with van der Waals surface area (Å²) in [6, 6.07) is 10.4. The number of hydrogen-bond acceptors (Lipinski definition) is 2. The highest BCUT2D eigenvalue weighted by Crippen LogP contribution is 2.29. The molecule has 0 fully saturated rings. The van der Waals surface area contributed by atoms with Crippen LogP contribution in [0.25, 0.3) is 16.8 Å². The molecule has 1 aromatic carbocycles. The zero-order chi connectivity index (χ0) is 13.5. The van der Waals surface area contributed by atoms with E-state index in [0.29, 0.717) is 0 Å². The lowest BCUT2D eigenvalue weighted by Crippen LogP contribution is -2.10. The number of rotatable bonds is 1. The van der Waals surface area contributed by atoms with Crippen LogP contribution in [0, 0.1) is 6.92 Å². The van der Waals surface area contributed by atoms with Crippen molar-refractivity contribution in [2.75, 3.05) is 0 Å². The Morgan fingerprint density at radius 2 is 1.85 bits per heavy atom. The van der Waals surface area contributed by atoms with Crippen LogP contribution in [-0.4, -0.2) is 14.6 Å². The van der Waals surface area contributed by atoms with Gasteiger partial charge < -0.3 is 0 Å². The van der Waals surface area contributed by atoms with E-state index in [9.17, 15) is 0 Å². The highest BCUT2D eigenvalue weighted by molar-refractivity contribution is 5.79. The van der Waals surface area contributed by atoms with Gasteiger partial charge in [0.1, 0.15) is 0 Å². The molecule has 0 spiro atoms. The predicted molar refractivity (Wildman–Crippen MR) is 79.8 cm³/mol. The molecule has 3 heteroatoms. The molecule has 4 rings (SSSR count). The van der Waals surface area contributed by atoms with Gasteiger partial charge in [-0.25, -0.2) is 9.50 Å². The Morgan fingerprint density at radius 3 is 2.70 bits per heavy atom. The zero-order valence-electron chi connectivity index (χ0n) is 11.6. The summed E-state index contributed by atoms with van der Waals surface area (Å²) < 4.78 is 2.08. The number of fused-ring (bicyclic) bond motifs is 3. The Bertz CT molecular complexity index is 772. The summed E-state index contributed by atoms with van der Waals surface area (Å²) in [6.07, 6.45) is 6.83. The maximum absolute atomic E-state index is 4.76. The molecule has 0 saturated heterocycles. The second-order valence-electron chi connectivity index (χ2n) is 5.50. The van der Waals surface area contributed by atoms with Crippen molar-refractivity contribution in [3.63, 3.8) is 0 Å². The summed E-state index contributed by atoms with van der Waals surface area (Å²) in [7, 11) is 0. The summed E-state index contributed by atoms with van der Waals surface area (Å²) in [5.74, 6) is 0. The monoisotopic (exact) mass is 263 g/mol. The van der Waals surface area contributed by atoms with Crippen molar-refractivity contribution in [1.82, 2.24) is 14.6 Å². The van der Waals surface area contributed by atoms with Crippen LogP contribution in [0.2, 0.25) is 0 Å². The van der Waals surface area contributed by atoms with Crippen molar-refractivity contribution in [2.24, 2.45) is 0 Å². The second-order valence-corrected chi connectivity index (χ2v) is 5.50. The normalized spacial score (nSPS) is 14.4. The fourth-order valence-corrected chi connectivity index (χ4v) is 3.20. The van der Waals surface area contributed by atoms with Gasteiger partial charge in [-0.1, -0.05) is 30.3 Å². The molecule has 100 valence electrons. The zero-order valence-corrected chi connectivity index (χ0v) is 11.6. The first kappa shape index (κ1) is 11.6. The molecule has 2 heterocycles. The predicted octanol–water partition coefficient (Wildman–Crippen LogP) is 3.58. The van der Waals surface area contributed by atoms with Crippen LogP contribution in [0.1, 0.15) is 29.8 Å². The lowest BCUT2D eigenvalue weighted by atomic mass is 9.97. The Kier molecular flexibility index (Phi) is 2.59. The molecule has 20 heavy (non-hydrogen) atoms. The standard InChI is InChI=1S/C17H17N3/c1-12-16(13-7-3-2-4-8-13)17-18-11-14-9-5-6-10-15(14)20(17)19-12/h2-4,7-8,11H,5-6,9-10H2,1H3. The molecule has 0 saturated carbocycles. The van der Waals surface area contributed by atoms with Crippen molar-refractivity contribution in [3.05, 3.63) is 53.5 Å². The number of aryl methyl sites for hydroxylation is 3. The van der Waals surface area contributed by atoms with Gasteiger partial charge in [0, 0.05) is 17.5 Å². The van der Waals surface area contributed by atoms with Gasteiger partial charge in [-0.15, -0.1) is 0 Å². The maximum Gasteiger partial charge on any atom is 0.163 e. The summed E-state index contributed by atoms with van der Waals surface area (Å²) in [5, 5.41) is 4.76. The van der Waals surface area contributed by atoms with Crippen molar-refractivity contribution in [3.8, 4) is 11.1 Å². The third-order valence-electron chi connectivity index (χ3n) is 4.18. The molecular weight excluding hydrogens is 246 g/mol.